The third-order valence-electron chi connectivity index (χ3n) is 1.90. The van der Waals surface area contributed by atoms with Crippen molar-refractivity contribution in [3.8, 4) is 0 Å². The molecule has 1 fully saturated rings. The maximum atomic E-state index is 3.35. The van der Waals surface area contributed by atoms with E-state index in [1.807, 2.05) is 11.8 Å². The van der Waals surface area contributed by atoms with Gasteiger partial charge in [0, 0.05) is 44.2 Å². The summed E-state index contributed by atoms with van der Waals surface area (Å²) in [7, 11) is 0. The molecule has 1 rings (SSSR count). The summed E-state index contributed by atoms with van der Waals surface area (Å²) in [6.07, 6.45) is 0. The summed E-state index contributed by atoms with van der Waals surface area (Å²) in [5, 5.41) is 3.35. The van der Waals surface area contributed by atoms with E-state index in [1.54, 1.807) is 0 Å². The zero-order chi connectivity index (χ0) is 7.94. The molecule has 1 aliphatic rings. The van der Waals surface area contributed by atoms with E-state index in [2.05, 4.69) is 22.9 Å². The second-order valence-corrected chi connectivity index (χ2v) is 3.91. The highest BCUT2D eigenvalue weighted by atomic mass is 32.2. The van der Waals surface area contributed by atoms with Crippen LogP contribution < -0.4 is 5.32 Å². The van der Waals surface area contributed by atoms with Gasteiger partial charge in [0.05, 0.1) is 0 Å². The third kappa shape index (κ3) is 3.99. The van der Waals surface area contributed by atoms with Crippen molar-refractivity contribution in [2.75, 3.05) is 38.5 Å². The number of nitrogens with zero attached hydrogens (tertiary/aromatic N) is 1. The molecule has 65 valence electrons. The lowest BCUT2D eigenvalue weighted by molar-refractivity contribution is 0.255. The number of piperazine rings is 1. The van der Waals surface area contributed by atoms with Crippen molar-refractivity contribution in [3.05, 3.63) is 5.75 Å². The molecule has 0 aliphatic carbocycles. The normalized spacial score (nSPS) is 20.5. The van der Waals surface area contributed by atoms with Gasteiger partial charge < -0.3 is 5.32 Å². The van der Waals surface area contributed by atoms with Crippen LogP contribution in [0.15, 0.2) is 0 Å². The van der Waals surface area contributed by atoms with Crippen LogP contribution in [0, 0.1) is 5.75 Å². The minimum absolute atomic E-state index is 1.17. The first-order chi connectivity index (χ1) is 5.43. The Morgan fingerprint density at radius 2 is 2.18 bits per heavy atom. The van der Waals surface area contributed by atoms with Gasteiger partial charge in [0.1, 0.15) is 0 Å². The van der Waals surface area contributed by atoms with E-state index in [-0.39, 0.29) is 0 Å². The molecule has 1 heterocycles. The van der Waals surface area contributed by atoms with E-state index < -0.39 is 0 Å². The first-order valence-electron chi connectivity index (χ1n) is 4.26. The SMILES string of the molecule is C[CH]SCCN1CCNCC1. The molecule has 1 radical (unpaired) electrons. The van der Waals surface area contributed by atoms with E-state index in [0.29, 0.717) is 0 Å². The Balaban J connectivity index is 1.96. The Morgan fingerprint density at radius 1 is 1.45 bits per heavy atom. The molecule has 0 spiro atoms. The van der Waals surface area contributed by atoms with E-state index in [4.69, 9.17) is 0 Å². The molecule has 2 nitrogen and oxygen atoms in total. The zero-order valence-corrected chi connectivity index (χ0v) is 7.99. The number of hydrogen-bond acceptors (Lipinski definition) is 3. The molecule has 0 aromatic rings. The lowest BCUT2D eigenvalue weighted by Crippen LogP contribution is -2.44. The molecule has 3 heteroatoms. The first kappa shape index (κ1) is 9.36. The Bertz CT molecular complexity index is 92.1. The van der Waals surface area contributed by atoms with Gasteiger partial charge in [-0.25, -0.2) is 0 Å². The topological polar surface area (TPSA) is 15.3 Å². The summed E-state index contributed by atoms with van der Waals surface area (Å²) in [6, 6.07) is 0. The largest absolute Gasteiger partial charge is 0.314 e. The Hall–Kier alpha value is 0.270. The highest BCUT2D eigenvalue weighted by Gasteiger charge is 2.07. The molecule has 0 aromatic heterocycles. The van der Waals surface area contributed by atoms with Crippen LogP contribution in [-0.2, 0) is 0 Å². The average molecular weight is 173 g/mol. The van der Waals surface area contributed by atoms with Crippen LogP contribution in [0.4, 0.5) is 0 Å². The molecule has 1 aliphatic heterocycles. The van der Waals surface area contributed by atoms with E-state index in [0.717, 1.165) is 0 Å². The Kier molecular flexibility index (Phi) is 4.99. The van der Waals surface area contributed by atoms with Gasteiger partial charge in [-0.2, -0.15) is 11.8 Å². The van der Waals surface area contributed by atoms with E-state index in [1.165, 1.54) is 38.5 Å². The molecule has 1 N–H and O–H groups in total. The van der Waals surface area contributed by atoms with Crippen molar-refractivity contribution in [1.29, 1.82) is 0 Å². The molecule has 0 atom stereocenters. The Morgan fingerprint density at radius 3 is 2.82 bits per heavy atom. The van der Waals surface area contributed by atoms with Crippen molar-refractivity contribution in [1.82, 2.24) is 10.2 Å². The summed E-state index contributed by atoms with van der Waals surface area (Å²) in [5.41, 5.74) is 0. The highest BCUT2D eigenvalue weighted by Crippen LogP contribution is 2.04. The van der Waals surface area contributed by atoms with Gasteiger partial charge in [0.25, 0.3) is 0 Å². The summed E-state index contributed by atoms with van der Waals surface area (Å²) in [6.45, 7) is 8.13. The summed E-state index contributed by atoms with van der Waals surface area (Å²) >= 11 is 1.91. The number of nitrogens with one attached hydrogen (secondary N) is 1. The maximum absolute atomic E-state index is 3.35. The quantitative estimate of drug-likeness (QED) is 0.633. The standard InChI is InChI=1S/C8H17N2S/c1-2-11-8-7-10-5-3-9-4-6-10/h2,9H,3-8H2,1H3. The van der Waals surface area contributed by atoms with Gasteiger partial charge >= 0.3 is 0 Å². The van der Waals surface area contributed by atoms with Crippen LogP contribution in [0.3, 0.4) is 0 Å². The molecule has 0 unspecified atom stereocenters. The van der Waals surface area contributed by atoms with Crippen molar-refractivity contribution >= 4 is 11.8 Å². The number of rotatable bonds is 4. The monoisotopic (exact) mass is 173 g/mol. The van der Waals surface area contributed by atoms with Gasteiger partial charge in [0.15, 0.2) is 0 Å². The van der Waals surface area contributed by atoms with Crippen LogP contribution in [0.1, 0.15) is 6.92 Å². The van der Waals surface area contributed by atoms with Crippen molar-refractivity contribution in [2.24, 2.45) is 0 Å². The van der Waals surface area contributed by atoms with Crippen LogP contribution >= 0.6 is 11.8 Å². The van der Waals surface area contributed by atoms with Crippen LogP contribution in [0.2, 0.25) is 0 Å². The molecule has 1 saturated heterocycles. The van der Waals surface area contributed by atoms with Crippen LogP contribution in [0.5, 0.6) is 0 Å². The molecular weight excluding hydrogens is 156 g/mol. The molecular formula is C8H17N2S. The van der Waals surface area contributed by atoms with Crippen molar-refractivity contribution < 1.29 is 0 Å². The van der Waals surface area contributed by atoms with Crippen molar-refractivity contribution in [2.45, 2.75) is 6.92 Å². The molecule has 0 aromatic carbocycles. The van der Waals surface area contributed by atoms with Gasteiger partial charge in [-0.05, 0) is 0 Å². The van der Waals surface area contributed by atoms with Gasteiger partial charge in [-0.3, -0.25) is 4.90 Å². The number of thioether (sulfide) groups is 1. The maximum Gasteiger partial charge on any atom is 0.0136 e. The lowest BCUT2D eigenvalue weighted by Gasteiger charge is -2.26. The molecule has 0 bridgehead atoms. The predicted molar refractivity (Wildman–Crippen MR) is 51.7 cm³/mol. The minimum Gasteiger partial charge on any atom is -0.314 e. The number of hydrogen-bond donors (Lipinski definition) is 1. The van der Waals surface area contributed by atoms with E-state index in [9.17, 15) is 0 Å². The fourth-order valence-electron chi connectivity index (χ4n) is 1.23. The zero-order valence-electron chi connectivity index (χ0n) is 7.18. The minimum atomic E-state index is 1.17. The first-order valence-corrected chi connectivity index (χ1v) is 5.31. The van der Waals surface area contributed by atoms with Crippen LogP contribution in [-0.4, -0.2) is 43.4 Å². The smallest absolute Gasteiger partial charge is 0.0136 e. The van der Waals surface area contributed by atoms with Crippen LogP contribution in [0.25, 0.3) is 0 Å². The predicted octanol–water partition coefficient (Wildman–Crippen LogP) is 0.806. The summed E-state index contributed by atoms with van der Waals surface area (Å²) in [5.74, 6) is 3.42. The van der Waals surface area contributed by atoms with E-state index >= 15 is 0 Å². The highest BCUT2D eigenvalue weighted by molar-refractivity contribution is 8.01. The van der Waals surface area contributed by atoms with Gasteiger partial charge in [0.2, 0.25) is 0 Å². The van der Waals surface area contributed by atoms with Gasteiger partial charge in [-0.1, -0.05) is 6.92 Å². The lowest BCUT2D eigenvalue weighted by atomic mass is 10.4. The molecule has 0 amide bonds. The summed E-state index contributed by atoms with van der Waals surface area (Å²) in [4.78, 5) is 2.52. The second-order valence-electron chi connectivity index (χ2n) is 2.70. The fourth-order valence-corrected chi connectivity index (χ4v) is 1.83. The van der Waals surface area contributed by atoms with Gasteiger partial charge in [-0.15, -0.1) is 0 Å². The third-order valence-corrected chi connectivity index (χ3v) is 2.65. The Labute approximate surface area is 73.7 Å². The average Bonchev–Trinajstić information content (AvgIpc) is 2.07. The fraction of sp³-hybridized carbons (Fsp3) is 0.875. The second kappa shape index (κ2) is 5.86. The molecule has 0 saturated carbocycles. The summed E-state index contributed by atoms with van der Waals surface area (Å²) < 4.78 is 0. The molecule has 11 heavy (non-hydrogen) atoms. The van der Waals surface area contributed by atoms with Crippen molar-refractivity contribution in [3.63, 3.8) is 0 Å².